The molecule has 3 rings (SSSR count). The van der Waals surface area contributed by atoms with Gasteiger partial charge >= 0.3 is 0 Å². The van der Waals surface area contributed by atoms with Crippen LogP contribution in [0.2, 0.25) is 0 Å². The first-order chi connectivity index (χ1) is 9.74. The van der Waals surface area contributed by atoms with Crippen molar-refractivity contribution in [2.24, 2.45) is 5.73 Å². The van der Waals surface area contributed by atoms with E-state index in [0.29, 0.717) is 17.0 Å². The standard InChI is InChI=1S/C18H20FN/c19-18(13-20,16-7-2-1-3-8-16)17-11-9-15(10-12-17)14-5-4-6-14/h1-3,7-12,14H,4-6,13,20H2. The van der Waals surface area contributed by atoms with Gasteiger partial charge in [0.05, 0.1) is 0 Å². The summed E-state index contributed by atoms with van der Waals surface area (Å²) < 4.78 is 15.3. The van der Waals surface area contributed by atoms with E-state index in [2.05, 4.69) is 12.1 Å². The third-order valence-corrected chi connectivity index (χ3v) is 4.46. The fourth-order valence-electron chi connectivity index (χ4n) is 2.87. The first-order valence-corrected chi connectivity index (χ1v) is 7.29. The van der Waals surface area contributed by atoms with Crippen LogP contribution in [0.25, 0.3) is 0 Å². The molecule has 104 valence electrons. The second-order valence-electron chi connectivity index (χ2n) is 5.62. The van der Waals surface area contributed by atoms with E-state index in [0.717, 1.165) is 0 Å². The third-order valence-electron chi connectivity index (χ3n) is 4.46. The van der Waals surface area contributed by atoms with Crippen molar-refractivity contribution in [3.8, 4) is 0 Å². The quantitative estimate of drug-likeness (QED) is 0.887. The van der Waals surface area contributed by atoms with E-state index in [4.69, 9.17) is 5.73 Å². The summed E-state index contributed by atoms with van der Waals surface area (Å²) >= 11 is 0. The molecule has 2 heteroatoms. The highest BCUT2D eigenvalue weighted by Gasteiger charge is 2.32. The molecule has 0 radical (unpaired) electrons. The molecule has 0 bridgehead atoms. The Balaban J connectivity index is 1.92. The summed E-state index contributed by atoms with van der Waals surface area (Å²) in [7, 11) is 0. The molecule has 2 aromatic carbocycles. The number of hydrogen-bond acceptors (Lipinski definition) is 1. The molecule has 0 saturated heterocycles. The molecule has 1 aliphatic rings. The summed E-state index contributed by atoms with van der Waals surface area (Å²) in [6.45, 7) is -0.0419. The molecule has 2 aromatic rings. The molecule has 0 amide bonds. The molecule has 20 heavy (non-hydrogen) atoms. The summed E-state index contributed by atoms with van der Waals surface area (Å²) in [5, 5.41) is 0. The molecule has 1 aliphatic carbocycles. The first-order valence-electron chi connectivity index (χ1n) is 7.29. The van der Waals surface area contributed by atoms with Gasteiger partial charge in [0.1, 0.15) is 0 Å². The molecule has 0 aliphatic heterocycles. The summed E-state index contributed by atoms with van der Waals surface area (Å²) in [6.07, 6.45) is 3.83. The van der Waals surface area contributed by atoms with Crippen molar-refractivity contribution in [3.05, 3.63) is 71.3 Å². The molecule has 1 unspecified atom stereocenters. The number of nitrogens with two attached hydrogens (primary N) is 1. The fraction of sp³-hybridized carbons (Fsp3) is 0.333. The zero-order valence-electron chi connectivity index (χ0n) is 11.6. The summed E-state index contributed by atoms with van der Waals surface area (Å²) in [5.41, 5.74) is 6.73. The largest absolute Gasteiger partial charge is 0.327 e. The average molecular weight is 269 g/mol. The Bertz CT molecular complexity index is 560. The van der Waals surface area contributed by atoms with Crippen molar-refractivity contribution in [2.75, 3.05) is 6.54 Å². The van der Waals surface area contributed by atoms with E-state index in [9.17, 15) is 0 Å². The Labute approximate surface area is 119 Å². The zero-order chi connectivity index (χ0) is 14.0. The molecule has 0 aromatic heterocycles. The Morgan fingerprint density at radius 2 is 1.55 bits per heavy atom. The number of alkyl halides is 1. The minimum absolute atomic E-state index is 0.0419. The highest BCUT2D eigenvalue weighted by atomic mass is 19.1. The van der Waals surface area contributed by atoms with Crippen molar-refractivity contribution in [2.45, 2.75) is 30.8 Å². The monoisotopic (exact) mass is 269 g/mol. The van der Waals surface area contributed by atoms with E-state index in [1.54, 1.807) is 12.1 Å². The van der Waals surface area contributed by atoms with Crippen LogP contribution in [0, 0.1) is 0 Å². The molecular weight excluding hydrogens is 249 g/mol. The molecule has 1 saturated carbocycles. The Morgan fingerprint density at radius 3 is 2.05 bits per heavy atom. The minimum Gasteiger partial charge on any atom is -0.327 e. The van der Waals surface area contributed by atoms with Crippen LogP contribution < -0.4 is 5.73 Å². The predicted octanol–water partition coefficient (Wildman–Crippen LogP) is 4.13. The molecule has 1 nitrogen and oxygen atoms in total. The van der Waals surface area contributed by atoms with Crippen LogP contribution in [0.1, 0.15) is 41.9 Å². The van der Waals surface area contributed by atoms with Crippen LogP contribution in [-0.4, -0.2) is 6.54 Å². The Morgan fingerprint density at radius 1 is 0.950 bits per heavy atom. The summed E-state index contributed by atoms with van der Waals surface area (Å²) in [5.74, 6) is 0.674. The molecular formula is C18H20FN. The van der Waals surface area contributed by atoms with Gasteiger partial charge in [-0.1, -0.05) is 61.0 Å². The number of benzene rings is 2. The maximum absolute atomic E-state index is 15.3. The maximum Gasteiger partial charge on any atom is 0.173 e. The number of hydrogen-bond donors (Lipinski definition) is 1. The highest BCUT2D eigenvalue weighted by molar-refractivity contribution is 5.38. The van der Waals surface area contributed by atoms with Gasteiger partial charge in [-0.25, -0.2) is 4.39 Å². The number of halogens is 1. The van der Waals surface area contributed by atoms with Crippen LogP contribution in [0.5, 0.6) is 0 Å². The fourth-order valence-corrected chi connectivity index (χ4v) is 2.87. The lowest BCUT2D eigenvalue weighted by molar-refractivity contribution is 0.232. The van der Waals surface area contributed by atoms with Crippen molar-refractivity contribution >= 4 is 0 Å². The van der Waals surface area contributed by atoms with Crippen molar-refractivity contribution in [1.29, 1.82) is 0 Å². The van der Waals surface area contributed by atoms with Gasteiger partial charge in [0, 0.05) is 6.54 Å². The normalized spacial score (nSPS) is 18.3. The second kappa shape index (κ2) is 5.37. The third kappa shape index (κ3) is 2.25. The molecule has 1 atom stereocenters. The highest BCUT2D eigenvalue weighted by Crippen LogP contribution is 2.38. The summed E-state index contributed by atoms with van der Waals surface area (Å²) in [6, 6.07) is 17.1. The molecule has 2 N–H and O–H groups in total. The molecule has 0 heterocycles. The van der Waals surface area contributed by atoms with Gasteiger partial charge in [0.15, 0.2) is 5.67 Å². The van der Waals surface area contributed by atoms with Gasteiger partial charge in [-0.05, 0) is 35.4 Å². The lowest BCUT2D eigenvalue weighted by Crippen LogP contribution is -2.31. The first kappa shape index (κ1) is 13.3. The molecule has 0 spiro atoms. The van der Waals surface area contributed by atoms with Crippen molar-refractivity contribution in [3.63, 3.8) is 0 Å². The SMILES string of the molecule is NCC(F)(c1ccccc1)c1ccc(C2CCC2)cc1. The van der Waals surface area contributed by atoms with Crippen molar-refractivity contribution < 1.29 is 4.39 Å². The minimum atomic E-state index is -1.60. The maximum atomic E-state index is 15.3. The van der Waals surface area contributed by atoms with E-state index in [-0.39, 0.29) is 6.54 Å². The van der Waals surface area contributed by atoms with E-state index in [1.807, 2.05) is 30.3 Å². The van der Waals surface area contributed by atoms with Gasteiger partial charge in [-0.2, -0.15) is 0 Å². The summed E-state index contributed by atoms with van der Waals surface area (Å²) in [4.78, 5) is 0. The Kier molecular flexibility index (Phi) is 3.58. The average Bonchev–Trinajstić information content (AvgIpc) is 2.46. The topological polar surface area (TPSA) is 26.0 Å². The zero-order valence-corrected chi connectivity index (χ0v) is 11.6. The van der Waals surface area contributed by atoms with Gasteiger partial charge in [-0.15, -0.1) is 0 Å². The smallest absolute Gasteiger partial charge is 0.173 e. The second-order valence-corrected chi connectivity index (χ2v) is 5.62. The van der Waals surface area contributed by atoms with Crippen LogP contribution in [0.4, 0.5) is 4.39 Å². The van der Waals surface area contributed by atoms with Crippen LogP contribution in [0.15, 0.2) is 54.6 Å². The van der Waals surface area contributed by atoms with Crippen LogP contribution in [-0.2, 0) is 5.67 Å². The van der Waals surface area contributed by atoms with Crippen LogP contribution in [0.3, 0.4) is 0 Å². The predicted molar refractivity (Wildman–Crippen MR) is 80.4 cm³/mol. The Hall–Kier alpha value is -1.67. The van der Waals surface area contributed by atoms with E-state index < -0.39 is 5.67 Å². The molecule has 1 fully saturated rings. The van der Waals surface area contributed by atoms with Crippen LogP contribution >= 0.6 is 0 Å². The van der Waals surface area contributed by atoms with E-state index in [1.165, 1.54) is 24.8 Å². The van der Waals surface area contributed by atoms with Gasteiger partial charge in [0.25, 0.3) is 0 Å². The lowest BCUT2D eigenvalue weighted by atomic mass is 9.79. The van der Waals surface area contributed by atoms with E-state index >= 15 is 4.39 Å². The number of rotatable bonds is 4. The van der Waals surface area contributed by atoms with Gasteiger partial charge < -0.3 is 5.73 Å². The van der Waals surface area contributed by atoms with Crippen molar-refractivity contribution in [1.82, 2.24) is 0 Å². The lowest BCUT2D eigenvalue weighted by Gasteiger charge is -2.28. The van der Waals surface area contributed by atoms with Gasteiger partial charge in [-0.3, -0.25) is 0 Å². The van der Waals surface area contributed by atoms with Gasteiger partial charge in [0.2, 0.25) is 0 Å².